The number of benzene rings is 1. The Morgan fingerprint density at radius 3 is 2.58 bits per heavy atom. The van der Waals surface area contributed by atoms with E-state index in [9.17, 15) is 4.79 Å². The van der Waals surface area contributed by atoms with Gasteiger partial charge in [0.05, 0.1) is 5.56 Å². The van der Waals surface area contributed by atoms with E-state index in [1.54, 1.807) is 30.3 Å². The number of amides is 1. The molecule has 0 radical (unpaired) electrons. The molecule has 1 amide bonds. The lowest BCUT2D eigenvalue weighted by Crippen LogP contribution is -2.26. The summed E-state index contributed by atoms with van der Waals surface area (Å²) in [4.78, 5) is 18.0. The molecule has 19 heavy (non-hydrogen) atoms. The van der Waals surface area contributed by atoms with Crippen molar-refractivity contribution >= 4 is 37.8 Å². The highest BCUT2D eigenvalue weighted by Crippen LogP contribution is 2.18. The molecule has 98 valence electrons. The summed E-state index contributed by atoms with van der Waals surface area (Å²) in [6.07, 6.45) is 1.57. The van der Waals surface area contributed by atoms with Crippen molar-refractivity contribution in [3.05, 3.63) is 62.8 Å². The number of rotatable bonds is 3. The van der Waals surface area contributed by atoms with Crippen LogP contribution in [0.3, 0.4) is 0 Å². The molecule has 0 atom stereocenters. The van der Waals surface area contributed by atoms with Crippen molar-refractivity contribution < 1.29 is 4.79 Å². The fraction of sp³-hybridized carbons (Fsp3) is 0.143. The van der Waals surface area contributed by atoms with Crippen LogP contribution in [0.2, 0.25) is 0 Å². The van der Waals surface area contributed by atoms with Gasteiger partial charge in [0.2, 0.25) is 0 Å². The summed E-state index contributed by atoms with van der Waals surface area (Å²) in [5, 5.41) is 0. The van der Waals surface area contributed by atoms with Gasteiger partial charge in [-0.1, -0.05) is 34.1 Å². The van der Waals surface area contributed by atoms with Crippen LogP contribution in [0.1, 0.15) is 15.9 Å². The Morgan fingerprint density at radius 1 is 1.21 bits per heavy atom. The molecular weight excluding hydrogens is 372 g/mol. The Hall–Kier alpha value is -1.20. The number of aromatic nitrogens is 1. The van der Waals surface area contributed by atoms with Crippen molar-refractivity contribution in [2.24, 2.45) is 0 Å². The van der Waals surface area contributed by atoms with Gasteiger partial charge in [-0.05, 0) is 39.7 Å². The molecule has 0 aliphatic heterocycles. The molecule has 1 aromatic heterocycles. The van der Waals surface area contributed by atoms with Gasteiger partial charge in [0, 0.05) is 24.3 Å². The van der Waals surface area contributed by atoms with Crippen LogP contribution in [0.4, 0.5) is 0 Å². The predicted octanol–water partition coefficient (Wildman–Crippen LogP) is 3.88. The maximum Gasteiger partial charge on any atom is 0.255 e. The third kappa shape index (κ3) is 3.64. The van der Waals surface area contributed by atoms with Crippen LogP contribution in [0.15, 0.2) is 51.7 Å². The minimum absolute atomic E-state index is 0.0456. The molecule has 0 bridgehead atoms. The number of hydrogen-bond donors (Lipinski definition) is 0. The molecule has 1 heterocycles. The van der Waals surface area contributed by atoms with E-state index >= 15 is 0 Å². The fourth-order valence-electron chi connectivity index (χ4n) is 1.68. The molecule has 2 aromatic rings. The number of nitrogens with zero attached hydrogens (tertiary/aromatic N) is 2. The molecule has 2 rings (SSSR count). The largest absolute Gasteiger partial charge is 0.337 e. The molecule has 0 fully saturated rings. The first-order valence-electron chi connectivity index (χ1n) is 5.68. The maximum absolute atomic E-state index is 12.2. The van der Waals surface area contributed by atoms with Crippen molar-refractivity contribution in [1.82, 2.24) is 9.88 Å². The molecular formula is C14H12Br2N2O. The van der Waals surface area contributed by atoms with Gasteiger partial charge in [-0.3, -0.25) is 4.79 Å². The summed E-state index contributed by atoms with van der Waals surface area (Å²) in [6, 6.07) is 11.4. The number of hydrogen-bond acceptors (Lipinski definition) is 2. The van der Waals surface area contributed by atoms with E-state index in [-0.39, 0.29) is 5.91 Å². The Morgan fingerprint density at radius 2 is 1.95 bits per heavy atom. The lowest BCUT2D eigenvalue weighted by Gasteiger charge is -2.18. The third-order valence-corrected chi connectivity index (χ3v) is 3.93. The minimum atomic E-state index is -0.0456. The zero-order valence-corrected chi connectivity index (χ0v) is 13.5. The van der Waals surface area contributed by atoms with Gasteiger partial charge in [0.15, 0.2) is 0 Å². The average molecular weight is 384 g/mol. The number of carbonyl (C=O) groups is 1. The van der Waals surface area contributed by atoms with Crippen molar-refractivity contribution in [1.29, 1.82) is 0 Å². The van der Waals surface area contributed by atoms with Crippen LogP contribution in [0.5, 0.6) is 0 Å². The molecule has 0 aliphatic carbocycles. The van der Waals surface area contributed by atoms with Crippen LogP contribution >= 0.6 is 31.9 Å². The summed E-state index contributed by atoms with van der Waals surface area (Å²) in [5.74, 6) is -0.0456. The standard InChI is InChI=1S/C14H12Br2N2O/c1-18(9-11-4-2-3-5-12(11)15)14(19)10-6-7-13(16)17-8-10/h2-8H,9H2,1H3. The first-order valence-corrected chi connectivity index (χ1v) is 7.27. The van der Waals surface area contributed by atoms with Gasteiger partial charge < -0.3 is 4.90 Å². The monoisotopic (exact) mass is 382 g/mol. The van der Waals surface area contributed by atoms with E-state index in [1.165, 1.54) is 0 Å². The highest BCUT2D eigenvalue weighted by molar-refractivity contribution is 9.10. The molecule has 0 spiro atoms. The third-order valence-electron chi connectivity index (χ3n) is 2.69. The van der Waals surface area contributed by atoms with Gasteiger partial charge in [-0.2, -0.15) is 0 Å². The van der Waals surface area contributed by atoms with Gasteiger partial charge >= 0.3 is 0 Å². The number of carbonyl (C=O) groups excluding carboxylic acids is 1. The summed E-state index contributed by atoms with van der Waals surface area (Å²) < 4.78 is 1.72. The van der Waals surface area contributed by atoms with Crippen LogP contribution < -0.4 is 0 Å². The van der Waals surface area contributed by atoms with E-state index in [0.29, 0.717) is 12.1 Å². The predicted molar refractivity (Wildman–Crippen MR) is 81.9 cm³/mol. The van der Waals surface area contributed by atoms with E-state index < -0.39 is 0 Å². The van der Waals surface area contributed by atoms with Crippen LogP contribution in [0, 0.1) is 0 Å². The normalized spacial score (nSPS) is 10.3. The van der Waals surface area contributed by atoms with Crippen LogP contribution in [-0.2, 0) is 6.54 Å². The maximum atomic E-state index is 12.2. The number of halogens is 2. The highest BCUT2D eigenvalue weighted by atomic mass is 79.9. The summed E-state index contributed by atoms with van der Waals surface area (Å²) in [5.41, 5.74) is 1.65. The van der Waals surface area contributed by atoms with E-state index in [2.05, 4.69) is 36.8 Å². The van der Waals surface area contributed by atoms with Crippen molar-refractivity contribution in [2.45, 2.75) is 6.54 Å². The average Bonchev–Trinajstić information content (AvgIpc) is 2.41. The molecule has 0 saturated carbocycles. The Balaban J connectivity index is 2.12. The zero-order chi connectivity index (χ0) is 13.8. The fourth-order valence-corrected chi connectivity index (χ4v) is 2.32. The van der Waals surface area contributed by atoms with Crippen molar-refractivity contribution in [2.75, 3.05) is 7.05 Å². The van der Waals surface area contributed by atoms with E-state index in [1.807, 2.05) is 24.3 Å². The second kappa shape index (κ2) is 6.30. The van der Waals surface area contributed by atoms with E-state index in [0.717, 1.165) is 14.6 Å². The summed E-state index contributed by atoms with van der Waals surface area (Å²) in [6.45, 7) is 0.552. The van der Waals surface area contributed by atoms with Gasteiger partial charge in [0.25, 0.3) is 5.91 Å². The van der Waals surface area contributed by atoms with Gasteiger partial charge in [-0.15, -0.1) is 0 Å². The smallest absolute Gasteiger partial charge is 0.255 e. The molecule has 5 heteroatoms. The number of pyridine rings is 1. The Bertz CT molecular complexity index is 584. The molecule has 0 N–H and O–H groups in total. The first-order chi connectivity index (χ1) is 9.08. The SMILES string of the molecule is CN(Cc1ccccc1Br)C(=O)c1ccc(Br)nc1. The topological polar surface area (TPSA) is 33.2 Å². The highest BCUT2D eigenvalue weighted by Gasteiger charge is 2.13. The van der Waals surface area contributed by atoms with Crippen molar-refractivity contribution in [3.8, 4) is 0 Å². The molecule has 0 unspecified atom stereocenters. The quantitative estimate of drug-likeness (QED) is 0.753. The lowest BCUT2D eigenvalue weighted by atomic mass is 10.2. The van der Waals surface area contributed by atoms with Gasteiger partial charge in [-0.25, -0.2) is 4.98 Å². The Kier molecular flexibility index (Phi) is 4.71. The second-order valence-corrected chi connectivity index (χ2v) is 5.79. The van der Waals surface area contributed by atoms with Gasteiger partial charge in [0.1, 0.15) is 4.60 Å². The Labute approximate surface area is 128 Å². The lowest BCUT2D eigenvalue weighted by molar-refractivity contribution is 0.0784. The molecule has 0 saturated heterocycles. The van der Waals surface area contributed by atoms with Crippen LogP contribution in [0.25, 0.3) is 0 Å². The van der Waals surface area contributed by atoms with Crippen LogP contribution in [-0.4, -0.2) is 22.8 Å². The van der Waals surface area contributed by atoms with Crippen molar-refractivity contribution in [3.63, 3.8) is 0 Å². The summed E-state index contributed by atoms with van der Waals surface area (Å²) >= 11 is 6.74. The minimum Gasteiger partial charge on any atom is -0.337 e. The summed E-state index contributed by atoms with van der Waals surface area (Å²) in [7, 11) is 1.78. The second-order valence-electron chi connectivity index (χ2n) is 4.12. The zero-order valence-electron chi connectivity index (χ0n) is 10.3. The molecule has 0 aliphatic rings. The van der Waals surface area contributed by atoms with E-state index in [4.69, 9.17) is 0 Å². The molecule has 3 nitrogen and oxygen atoms in total. The molecule has 1 aromatic carbocycles. The first kappa shape index (κ1) is 14.2.